The van der Waals surface area contributed by atoms with E-state index in [-0.39, 0.29) is 35.0 Å². The van der Waals surface area contributed by atoms with E-state index in [0.29, 0.717) is 0 Å². The van der Waals surface area contributed by atoms with Gasteiger partial charge in [0.25, 0.3) is 0 Å². The first-order valence-electron chi connectivity index (χ1n) is 5.83. The molecule has 1 rings (SSSR count). The van der Waals surface area contributed by atoms with Crippen LogP contribution in [0.1, 0.15) is 18.7 Å². The van der Waals surface area contributed by atoms with Crippen molar-refractivity contribution in [3.8, 4) is 0 Å². The van der Waals surface area contributed by atoms with E-state index in [4.69, 9.17) is 5.73 Å². The van der Waals surface area contributed by atoms with E-state index in [2.05, 4.69) is 10.0 Å². The van der Waals surface area contributed by atoms with Gasteiger partial charge in [-0.1, -0.05) is 13.8 Å². The van der Waals surface area contributed by atoms with Crippen LogP contribution in [-0.2, 0) is 21.4 Å². The molecular weight excluding hydrogens is 322 g/mol. The highest BCUT2D eigenvalue weighted by atomic mass is 35.5. The molecule has 1 heterocycles. The van der Waals surface area contributed by atoms with Gasteiger partial charge in [-0.2, -0.15) is 0 Å². The van der Waals surface area contributed by atoms with E-state index < -0.39 is 16.1 Å². The zero-order valence-corrected chi connectivity index (χ0v) is 14.0. The molecule has 0 aromatic carbocycles. The number of hydrogen-bond acceptors (Lipinski definition) is 5. The van der Waals surface area contributed by atoms with Gasteiger partial charge in [-0.15, -0.1) is 23.7 Å². The summed E-state index contributed by atoms with van der Waals surface area (Å²) in [6.45, 7) is 4.02. The zero-order valence-electron chi connectivity index (χ0n) is 11.5. The molecular formula is C11H20ClN3O3S2. The van der Waals surface area contributed by atoms with Crippen molar-refractivity contribution in [2.24, 2.45) is 11.7 Å². The van der Waals surface area contributed by atoms with Crippen molar-refractivity contribution in [3.05, 3.63) is 17.0 Å². The predicted molar refractivity (Wildman–Crippen MR) is 82.5 cm³/mol. The van der Waals surface area contributed by atoms with Gasteiger partial charge in [0.05, 0.1) is 12.6 Å². The van der Waals surface area contributed by atoms with Gasteiger partial charge in [0.1, 0.15) is 4.21 Å². The van der Waals surface area contributed by atoms with E-state index in [1.165, 1.54) is 13.1 Å². The summed E-state index contributed by atoms with van der Waals surface area (Å²) in [6.07, 6.45) is 0. The topological polar surface area (TPSA) is 101 Å². The number of thiophene rings is 1. The predicted octanol–water partition coefficient (Wildman–Crippen LogP) is 0.677. The van der Waals surface area contributed by atoms with Crippen molar-refractivity contribution in [1.29, 1.82) is 0 Å². The van der Waals surface area contributed by atoms with Gasteiger partial charge < -0.3 is 11.1 Å². The van der Waals surface area contributed by atoms with Gasteiger partial charge >= 0.3 is 0 Å². The van der Waals surface area contributed by atoms with E-state index in [1.807, 2.05) is 13.8 Å². The normalized spacial score (nSPS) is 12.8. The maximum Gasteiger partial charge on any atom is 0.249 e. The van der Waals surface area contributed by atoms with E-state index in [0.717, 1.165) is 16.2 Å². The minimum Gasteiger partial charge on any atom is -0.350 e. The summed E-state index contributed by atoms with van der Waals surface area (Å²) < 4.78 is 25.6. The number of nitrogens with two attached hydrogens (primary N) is 1. The van der Waals surface area contributed by atoms with E-state index in [9.17, 15) is 13.2 Å². The molecule has 1 aromatic heterocycles. The third kappa shape index (κ3) is 5.02. The summed E-state index contributed by atoms with van der Waals surface area (Å²) >= 11 is 1.12. The van der Waals surface area contributed by atoms with Gasteiger partial charge in [0, 0.05) is 4.88 Å². The molecule has 0 bridgehead atoms. The number of sulfonamides is 1. The molecule has 0 aliphatic heterocycles. The average Bonchev–Trinajstić information content (AvgIpc) is 2.84. The van der Waals surface area contributed by atoms with Crippen LogP contribution in [-0.4, -0.2) is 27.4 Å². The lowest BCUT2D eigenvalue weighted by Crippen LogP contribution is -2.43. The van der Waals surface area contributed by atoms with Gasteiger partial charge in [-0.25, -0.2) is 13.1 Å². The van der Waals surface area contributed by atoms with Crippen molar-refractivity contribution < 1.29 is 13.2 Å². The van der Waals surface area contributed by atoms with Crippen LogP contribution in [0.25, 0.3) is 0 Å². The Kier molecular flexibility index (Phi) is 7.67. The fourth-order valence-electron chi connectivity index (χ4n) is 1.29. The van der Waals surface area contributed by atoms with Crippen LogP contribution in [0, 0.1) is 5.92 Å². The monoisotopic (exact) mass is 341 g/mol. The van der Waals surface area contributed by atoms with Crippen LogP contribution < -0.4 is 15.8 Å². The molecule has 1 aromatic rings. The average molecular weight is 342 g/mol. The summed E-state index contributed by atoms with van der Waals surface area (Å²) in [5.41, 5.74) is 5.71. The quantitative estimate of drug-likeness (QED) is 0.708. The molecule has 0 fully saturated rings. The van der Waals surface area contributed by atoms with Crippen LogP contribution in [0.2, 0.25) is 0 Å². The first-order valence-corrected chi connectivity index (χ1v) is 8.13. The second-order valence-electron chi connectivity index (χ2n) is 4.42. The first-order chi connectivity index (χ1) is 8.77. The van der Waals surface area contributed by atoms with Crippen molar-refractivity contribution in [2.45, 2.75) is 30.6 Å². The summed E-state index contributed by atoms with van der Waals surface area (Å²) in [5.74, 6) is -0.176. The minimum atomic E-state index is -3.41. The van der Waals surface area contributed by atoms with Crippen molar-refractivity contribution in [1.82, 2.24) is 10.0 Å². The molecule has 6 nitrogen and oxygen atoms in total. The van der Waals surface area contributed by atoms with Gasteiger partial charge in [-0.3, -0.25) is 4.79 Å². The van der Waals surface area contributed by atoms with Crippen molar-refractivity contribution >= 4 is 39.7 Å². The number of halogens is 1. The van der Waals surface area contributed by atoms with Crippen molar-refractivity contribution in [3.63, 3.8) is 0 Å². The first kappa shape index (κ1) is 19.3. The molecule has 20 heavy (non-hydrogen) atoms. The number of amides is 1. The maximum absolute atomic E-state index is 11.7. The van der Waals surface area contributed by atoms with Gasteiger partial charge in [-0.05, 0) is 25.1 Å². The molecule has 0 saturated heterocycles. The molecule has 116 valence electrons. The summed E-state index contributed by atoms with van der Waals surface area (Å²) in [4.78, 5) is 12.4. The lowest BCUT2D eigenvalue weighted by molar-refractivity contribution is -0.123. The molecule has 0 radical (unpaired) electrons. The standard InChI is InChI=1S/C11H19N3O3S2.ClH/c1-7(2)10(12)11(15)14-6-8-4-5-9(18-8)19(16,17)13-3;/h4-5,7,10,13H,6,12H2,1-3H3,(H,14,15);1H/t10-;/m0./s1. The Hall–Kier alpha value is -0.670. The van der Waals surface area contributed by atoms with Crippen LogP contribution in [0.15, 0.2) is 16.3 Å². The highest BCUT2D eigenvalue weighted by Gasteiger charge is 2.18. The molecule has 9 heteroatoms. The highest BCUT2D eigenvalue weighted by Crippen LogP contribution is 2.21. The SMILES string of the molecule is CNS(=O)(=O)c1ccc(CNC(=O)[C@@H](N)C(C)C)s1.Cl. The second-order valence-corrected chi connectivity index (χ2v) is 7.70. The molecule has 0 aliphatic rings. The Morgan fingerprint density at radius 2 is 2.00 bits per heavy atom. The van der Waals surface area contributed by atoms with Crippen LogP contribution in [0.3, 0.4) is 0 Å². The Morgan fingerprint density at radius 1 is 1.40 bits per heavy atom. The zero-order chi connectivity index (χ0) is 14.6. The van der Waals surface area contributed by atoms with E-state index >= 15 is 0 Å². The summed E-state index contributed by atoms with van der Waals surface area (Å²) in [5, 5.41) is 2.69. The van der Waals surface area contributed by atoms with E-state index in [1.54, 1.807) is 6.07 Å². The number of nitrogens with one attached hydrogen (secondary N) is 2. The molecule has 0 unspecified atom stereocenters. The summed E-state index contributed by atoms with van der Waals surface area (Å²) in [6, 6.07) is 2.64. The maximum atomic E-state index is 11.7. The summed E-state index contributed by atoms with van der Waals surface area (Å²) in [7, 11) is -2.06. The molecule has 1 amide bonds. The Balaban J connectivity index is 0.00000361. The van der Waals surface area contributed by atoms with Crippen LogP contribution in [0.4, 0.5) is 0 Å². The third-order valence-electron chi connectivity index (χ3n) is 2.63. The highest BCUT2D eigenvalue weighted by molar-refractivity contribution is 7.91. The van der Waals surface area contributed by atoms with Crippen LogP contribution >= 0.6 is 23.7 Å². The lowest BCUT2D eigenvalue weighted by Gasteiger charge is -2.14. The number of hydrogen-bond donors (Lipinski definition) is 3. The molecule has 1 atom stereocenters. The number of carbonyl (C=O) groups excluding carboxylic acids is 1. The smallest absolute Gasteiger partial charge is 0.249 e. The minimum absolute atomic E-state index is 0. The molecule has 0 aliphatic carbocycles. The molecule has 4 N–H and O–H groups in total. The largest absolute Gasteiger partial charge is 0.350 e. The third-order valence-corrected chi connectivity index (χ3v) is 5.62. The Labute approximate surface area is 129 Å². The fourth-order valence-corrected chi connectivity index (χ4v) is 3.43. The number of rotatable bonds is 6. The van der Waals surface area contributed by atoms with Crippen LogP contribution in [0.5, 0.6) is 0 Å². The van der Waals surface area contributed by atoms with Crippen molar-refractivity contribution in [2.75, 3.05) is 7.05 Å². The van der Waals surface area contributed by atoms with Gasteiger partial charge in [0.2, 0.25) is 15.9 Å². The van der Waals surface area contributed by atoms with Gasteiger partial charge in [0.15, 0.2) is 0 Å². The second kappa shape index (κ2) is 7.94. The number of carbonyl (C=O) groups is 1. The molecule has 0 spiro atoms. The Bertz CT molecular complexity index is 543. The molecule has 0 saturated carbocycles. The fraction of sp³-hybridized carbons (Fsp3) is 0.545. The lowest BCUT2D eigenvalue weighted by atomic mass is 10.1. The Morgan fingerprint density at radius 3 is 2.50 bits per heavy atom.